The van der Waals surface area contributed by atoms with Crippen LogP contribution in [0.5, 0.6) is 0 Å². The molecule has 1 saturated heterocycles. The number of nitrogens with zero attached hydrogens (tertiary/aromatic N) is 2. The molecule has 0 bridgehead atoms. The maximum absolute atomic E-state index is 12.3. The molecule has 1 N–H and O–H groups in total. The van der Waals surface area contributed by atoms with Gasteiger partial charge in [-0.3, -0.25) is 14.5 Å². The van der Waals surface area contributed by atoms with E-state index >= 15 is 0 Å². The summed E-state index contributed by atoms with van der Waals surface area (Å²) < 4.78 is 0. The van der Waals surface area contributed by atoms with Crippen molar-refractivity contribution in [2.45, 2.75) is 58.5 Å². The van der Waals surface area contributed by atoms with Crippen molar-refractivity contribution in [1.29, 1.82) is 0 Å². The van der Waals surface area contributed by atoms with Gasteiger partial charge in [-0.25, -0.2) is 0 Å². The van der Waals surface area contributed by atoms with Gasteiger partial charge in [-0.05, 0) is 58.1 Å². The Hall–Kier alpha value is -0.750. The fourth-order valence-electron chi connectivity index (χ4n) is 2.74. The van der Waals surface area contributed by atoms with E-state index in [0.29, 0.717) is 12.6 Å². The fourth-order valence-corrected chi connectivity index (χ4v) is 3.53. The Bertz CT molecular complexity index is 373. The maximum atomic E-state index is 12.3. The SMILES string of the molecule is CCSCC[C@@H](C)N(C)CC(=O)N[C@@H](C)C(=O)N1CCCCC1. The summed E-state index contributed by atoms with van der Waals surface area (Å²) in [5.41, 5.74) is 0. The number of rotatable bonds is 9. The summed E-state index contributed by atoms with van der Waals surface area (Å²) in [7, 11) is 1.97. The van der Waals surface area contributed by atoms with Gasteiger partial charge >= 0.3 is 0 Å². The average molecular weight is 344 g/mol. The number of likely N-dealkylation sites (tertiary alicyclic amines) is 1. The van der Waals surface area contributed by atoms with Crippen molar-refractivity contribution >= 4 is 23.6 Å². The summed E-state index contributed by atoms with van der Waals surface area (Å²) in [4.78, 5) is 28.4. The molecule has 0 aromatic rings. The van der Waals surface area contributed by atoms with Crippen molar-refractivity contribution in [3.05, 3.63) is 0 Å². The van der Waals surface area contributed by atoms with Gasteiger partial charge < -0.3 is 10.2 Å². The molecular weight excluding hydrogens is 310 g/mol. The molecule has 0 aromatic carbocycles. The number of hydrogen-bond acceptors (Lipinski definition) is 4. The van der Waals surface area contributed by atoms with Gasteiger partial charge in [0.2, 0.25) is 11.8 Å². The lowest BCUT2D eigenvalue weighted by atomic mass is 10.1. The number of hydrogen-bond donors (Lipinski definition) is 1. The molecule has 1 aliphatic heterocycles. The maximum Gasteiger partial charge on any atom is 0.244 e. The average Bonchev–Trinajstić information content (AvgIpc) is 2.54. The quantitative estimate of drug-likeness (QED) is 0.650. The van der Waals surface area contributed by atoms with Gasteiger partial charge in [0.15, 0.2) is 0 Å². The van der Waals surface area contributed by atoms with Gasteiger partial charge in [0, 0.05) is 19.1 Å². The largest absolute Gasteiger partial charge is 0.343 e. The highest BCUT2D eigenvalue weighted by Crippen LogP contribution is 2.10. The highest BCUT2D eigenvalue weighted by molar-refractivity contribution is 7.99. The van der Waals surface area contributed by atoms with E-state index in [2.05, 4.69) is 24.1 Å². The topological polar surface area (TPSA) is 52.7 Å². The molecular formula is C17H33N3O2S. The van der Waals surface area contributed by atoms with Crippen LogP contribution < -0.4 is 5.32 Å². The summed E-state index contributed by atoms with van der Waals surface area (Å²) in [6, 6.07) is -0.0622. The lowest BCUT2D eigenvalue weighted by molar-refractivity contribution is -0.137. The molecule has 6 heteroatoms. The standard InChI is InChI=1S/C17H33N3O2S/c1-5-23-12-9-14(2)19(4)13-16(21)18-15(3)17(22)20-10-7-6-8-11-20/h14-15H,5-13H2,1-4H3,(H,18,21)/t14-,15+/m1/s1. The number of piperidine rings is 1. The smallest absolute Gasteiger partial charge is 0.244 e. The first-order valence-electron chi connectivity index (χ1n) is 8.81. The van der Waals surface area contributed by atoms with Gasteiger partial charge in [-0.15, -0.1) is 0 Å². The van der Waals surface area contributed by atoms with E-state index in [9.17, 15) is 9.59 Å². The third-order valence-corrected chi connectivity index (χ3v) is 5.38. The second kappa shape index (κ2) is 10.9. The van der Waals surface area contributed by atoms with E-state index in [1.54, 1.807) is 6.92 Å². The lowest BCUT2D eigenvalue weighted by Crippen LogP contribution is -2.50. The monoisotopic (exact) mass is 343 g/mol. The highest BCUT2D eigenvalue weighted by Gasteiger charge is 2.24. The van der Waals surface area contributed by atoms with Crippen LogP contribution in [0.3, 0.4) is 0 Å². The van der Waals surface area contributed by atoms with Gasteiger partial charge in [0.25, 0.3) is 0 Å². The number of carbonyl (C=O) groups is 2. The van der Waals surface area contributed by atoms with E-state index in [4.69, 9.17) is 0 Å². The molecule has 2 atom stereocenters. The first-order chi connectivity index (χ1) is 11.0. The van der Waals surface area contributed by atoms with Crippen molar-refractivity contribution in [3.8, 4) is 0 Å². The van der Waals surface area contributed by atoms with Crippen LogP contribution in [0.2, 0.25) is 0 Å². The Kier molecular flexibility index (Phi) is 9.63. The van der Waals surface area contributed by atoms with Crippen LogP contribution in [-0.2, 0) is 9.59 Å². The zero-order valence-electron chi connectivity index (χ0n) is 15.1. The van der Waals surface area contributed by atoms with E-state index < -0.39 is 6.04 Å². The number of carbonyl (C=O) groups excluding carboxylic acids is 2. The summed E-state index contributed by atoms with van der Waals surface area (Å²) >= 11 is 1.93. The van der Waals surface area contributed by atoms with Gasteiger partial charge in [-0.2, -0.15) is 11.8 Å². The van der Waals surface area contributed by atoms with Crippen LogP contribution in [0.1, 0.15) is 46.5 Å². The molecule has 0 spiro atoms. The Balaban J connectivity index is 2.32. The second-order valence-corrected chi connectivity index (χ2v) is 7.82. The van der Waals surface area contributed by atoms with Crippen LogP contribution in [0.15, 0.2) is 0 Å². The van der Waals surface area contributed by atoms with Crippen molar-refractivity contribution in [2.24, 2.45) is 0 Å². The van der Waals surface area contributed by atoms with Gasteiger partial charge in [-0.1, -0.05) is 6.92 Å². The Labute approximate surface area is 145 Å². The molecule has 1 rings (SSSR count). The molecule has 0 aromatic heterocycles. The lowest BCUT2D eigenvalue weighted by Gasteiger charge is -2.30. The van der Waals surface area contributed by atoms with Crippen LogP contribution >= 0.6 is 11.8 Å². The first-order valence-corrected chi connectivity index (χ1v) is 9.97. The predicted octanol–water partition coefficient (Wildman–Crippen LogP) is 1.97. The second-order valence-electron chi connectivity index (χ2n) is 6.42. The molecule has 1 fully saturated rings. The summed E-state index contributed by atoms with van der Waals surface area (Å²) in [6.45, 7) is 8.08. The number of amides is 2. The molecule has 0 aliphatic carbocycles. The van der Waals surface area contributed by atoms with E-state index in [1.807, 2.05) is 23.7 Å². The minimum absolute atomic E-state index is 0.0492. The predicted molar refractivity (Wildman–Crippen MR) is 97.7 cm³/mol. The van der Waals surface area contributed by atoms with Gasteiger partial charge in [0.1, 0.15) is 6.04 Å². The van der Waals surface area contributed by atoms with Crippen molar-refractivity contribution in [1.82, 2.24) is 15.1 Å². The van der Waals surface area contributed by atoms with Crippen LogP contribution in [0, 0.1) is 0 Å². The summed E-state index contributed by atoms with van der Waals surface area (Å²) in [5.74, 6) is 2.23. The highest BCUT2D eigenvalue weighted by atomic mass is 32.2. The molecule has 5 nitrogen and oxygen atoms in total. The third kappa shape index (κ3) is 7.57. The third-order valence-electron chi connectivity index (χ3n) is 4.45. The minimum atomic E-state index is -0.431. The molecule has 23 heavy (non-hydrogen) atoms. The van der Waals surface area contributed by atoms with Crippen molar-refractivity contribution in [2.75, 3.05) is 38.2 Å². The Morgan fingerprint density at radius 2 is 1.87 bits per heavy atom. The Morgan fingerprint density at radius 1 is 1.22 bits per heavy atom. The molecule has 0 unspecified atom stereocenters. The normalized spacial score (nSPS) is 17.9. The van der Waals surface area contributed by atoms with Crippen LogP contribution in [0.25, 0.3) is 0 Å². The van der Waals surface area contributed by atoms with E-state index in [-0.39, 0.29) is 11.8 Å². The molecule has 1 aliphatic rings. The number of thioether (sulfide) groups is 1. The summed E-state index contributed by atoms with van der Waals surface area (Å²) in [6.07, 6.45) is 4.42. The van der Waals surface area contributed by atoms with Crippen LogP contribution in [0.4, 0.5) is 0 Å². The van der Waals surface area contributed by atoms with Crippen molar-refractivity contribution < 1.29 is 9.59 Å². The van der Waals surface area contributed by atoms with E-state index in [1.165, 1.54) is 6.42 Å². The Morgan fingerprint density at radius 3 is 2.48 bits per heavy atom. The number of nitrogens with one attached hydrogen (secondary N) is 1. The van der Waals surface area contributed by atoms with Crippen molar-refractivity contribution in [3.63, 3.8) is 0 Å². The minimum Gasteiger partial charge on any atom is -0.343 e. The zero-order chi connectivity index (χ0) is 17.2. The van der Waals surface area contributed by atoms with Crippen LogP contribution in [-0.4, -0.2) is 71.9 Å². The molecule has 1 heterocycles. The van der Waals surface area contributed by atoms with Gasteiger partial charge in [0.05, 0.1) is 6.54 Å². The number of likely N-dealkylation sites (N-methyl/N-ethyl adjacent to an activating group) is 1. The first kappa shape index (κ1) is 20.3. The molecule has 0 radical (unpaired) electrons. The molecule has 2 amide bonds. The summed E-state index contributed by atoms with van der Waals surface area (Å²) in [5, 5.41) is 2.85. The molecule has 0 saturated carbocycles. The van der Waals surface area contributed by atoms with E-state index in [0.717, 1.165) is 43.9 Å². The fraction of sp³-hybridized carbons (Fsp3) is 0.882. The molecule has 134 valence electrons. The zero-order valence-corrected chi connectivity index (χ0v) is 16.0.